The van der Waals surface area contributed by atoms with Crippen LogP contribution in [0.5, 0.6) is 0 Å². The Labute approximate surface area is 190 Å². The molecule has 9 nitrogen and oxygen atoms in total. The van der Waals surface area contributed by atoms with Crippen LogP contribution in [0.4, 0.5) is 10.6 Å². The van der Waals surface area contributed by atoms with Crippen LogP contribution in [-0.4, -0.2) is 40.2 Å². The summed E-state index contributed by atoms with van der Waals surface area (Å²) in [6, 6.07) is 3.08. The van der Waals surface area contributed by atoms with Gasteiger partial charge in [-0.2, -0.15) is 0 Å². The molecule has 0 bridgehead atoms. The number of carbonyl (C=O) groups excluding carboxylic acids is 3. The Kier molecular flexibility index (Phi) is 8.46. The molecule has 2 rings (SSSR count). The molecule has 9 heteroatoms. The molecule has 3 N–H and O–H groups in total. The van der Waals surface area contributed by atoms with Crippen LogP contribution in [0.2, 0.25) is 0 Å². The van der Waals surface area contributed by atoms with Crippen molar-refractivity contribution in [2.45, 2.75) is 90.9 Å². The molecule has 178 valence electrons. The first-order valence-corrected chi connectivity index (χ1v) is 11.0. The zero-order chi connectivity index (χ0) is 23.9. The van der Waals surface area contributed by atoms with Crippen molar-refractivity contribution >= 4 is 23.8 Å². The highest BCUT2D eigenvalue weighted by Crippen LogP contribution is 2.27. The summed E-state index contributed by atoms with van der Waals surface area (Å²) in [6.45, 7) is 10.9. The van der Waals surface area contributed by atoms with Gasteiger partial charge in [0.2, 0.25) is 5.91 Å². The predicted octanol–water partition coefficient (Wildman–Crippen LogP) is 3.95. The molecular weight excluding hydrogens is 412 g/mol. The number of hydrazine groups is 1. The minimum Gasteiger partial charge on any atom is -0.456 e. The minimum absolute atomic E-state index is 0.00321. The predicted molar refractivity (Wildman–Crippen MR) is 121 cm³/mol. The quantitative estimate of drug-likeness (QED) is 0.445. The number of ether oxygens (including phenoxy) is 2. The van der Waals surface area contributed by atoms with Gasteiger partial charge in [-0.05, 0) is 78.9 Å². The van der Waals surface area contributed by atoms with Crippen molar-refractivity contribution < 1.29 is 23.9 Å². The van der Waals surface area contributed by atoms with E-state index in [1.54, 1.807) is 26.8 Å². The van der Waals surface area contributed by atoms with E-state index < -0.39 is 23.3 Å². The van der Waals surface area contributed by atoms with Gasteiger partial charge >= 0.3 is 12.1 Å². The molecule has 1 aromatic heterocycles. The molecular formula is C23H36N4O5. The first-order valence-electron chi connectivity index (χ1n) is 11.0. The van der Waals surface area contributed by atoms with Gasteiger partial charge in [-0.1, -0.05) is 6.42 Å². The second-order valence-electron chi connectivity index (χ2n) is 10.2. The third-order valence-corrected chi connectivity index (χ3v) is 4.70. The van der Waals surface area contributed by atoms with Gasteiger partial charge in [-0.25, -0.2) is 14.6 Å². The van der Waals surface area contributed by atoms with Gasteiger partial charge < -0.3 is 14.8 Å². The summed E-state index contributed by atoms with van der Waals surface area (Å²) in [6.07, 6.45) is 4.82. The smallest absolute Gasteiger partial charge is 0.407 e. The number of hydrogen-bond acceptors (Lipinski definition) is 7. The number of nitrogens with zero attached hydrogens (tertiary/aromatic N) is 1. The van der Waals surface area contributed by atoms with E-state index in [2.05, 4.69) is 21.2 Å². The van der Waals surface area contributed by atoms with Crippen LogP contribution in [0.15, 0.2) is 18.3 Å². The van der Waals surface area contributed by atoms with Crippen LogP contribution < -0.4 is 16.2 Å². The van der Waals surface area contributed by atoms with E-state index in [0.29, 0.717) is 17.8 Å². The van der Waals surface area contributed by atoms with Crippen molar-refractivity contribution in [1.82, 2.24) is 15.7 Å². The van der Waals surface area contributed by atoms with E-state index in [-0.39, 0.29) is 17.9 Å². The molecule has 32 heavy (non-hydrogen) atoms. The fourth-order valence-corrected chi connectivity index (χ4v) is 3.49. The minimum atomic E-state index is -0.599. The van der Waals surface area contributed by atoms with Crippen LogP contribution in [-0.2, 0) is 14.3 Å². The van der Waals surface area contributed by atoms with Gasteiger partial charge in [0.05, 0.1) is 5.56 Å². The maximum Gasteiger partial charge on any atom is 0.407 e. The molecule has 1 heterocycles. The number of pyridine rings is 1. The van der Waals surface area contributed by atoms with E-state index >= 15 is 0 Å². The number of carbonyl (C=O) groups is 3. The van der Waals surface area contributed by atoms with E-state index in [0.717, 1.165) is 25.7 Å². The van der Waals surface area contributed by atoms with Crippen LogP contribution in [0.3, 0.4) is 0 Å². The van der Waals surface area contributed by atoms with Crippen molar-refractivity contribution in [3.8, 4) is 0 Å². The maximum absolute atomic E-state index is 12.4. The summed E-state index contributed by atoms with van der Waals surface area (Å²) in [7, 11) is 0. The number of aromatic nitrogens is 1. The average molecular weight is 449 g/mol. The van der Waals surface area contributed by atoms with Crippen molar-refractivity contribution in [2.75, 3.05) is 5.43 Å². The molecule has 1 aliphatic carbocycles. The molecule has 0 saturated heterocycles. The molecule has 1 aliphatic rings. The third kappa shape index (κ3) is 9.53. The summed E-state index contributed by atoms with van der Waals surface area (Å²) in [5.74, 6) is -0.140. The molecule has 2 amide bonds. The molecule has 0 radical (unpaired) electrons. The lowest BCUT2D eigenvalue weighted by atomic mass is 9.83. The SMILES string of the molecule is CC(C)(C)OC(=O)N[C@@H]1CCC[C@H](CC(=O)NNc2cc(C(=O)OC(C)(C)C)ccn2)C1. The van der Waals surface area contributed by atoms with Crippen molar-refractivity contribution in [3.05, 3.63) is 23.9 Å². The normalized spacial score (nSPS) is 18.9. The fourth-order valence-electron chi connectivity index (χ4n) is 3.49. The molecule has 1 saturated carbocycles. The Morgan fingerprint density at radius 2 is 1.75 bits per heavy atom. The number of alkyl carbamates (subject to hydrolysis) is 1. The Bertz CT molecular complexity index is 813. The number of rotatable bonds is 6. The van der Waals surface area contributed by atoms with Gasteiger partial charge in [-0.15, -0.1) is 0 Å². The summed E-state index contributed by atoms with van der Waals surface area (Å²) in [5.41, 5.74) is 4.59. The van der Waals surface area contributed by atoms with E-state index in [1.807, 2.05) is 20.8 Å². The van der Waals surface area contributed by atoms with Gasteiger partial charge in [0.25, 0.3) is 0 Å². The highest BCUT2D eigenvalue weighted by Gasteiger charge is 2.27. The topological polar surface area (TPSA) is 119 Å². The van der Waals surface area contributed by atoms with Crippen LogP contribution >= 0.6 is 0 Å². The Balaban J connectivity index is 1.81. The standard InChI is InChI=1S/C23H36N4O5/c1-22(2,3)31-20(29)16-10-11-24-18(14-16)26-27-19(28)13-15-8-7-9-17(12-15)25-21(30)32-23(4,5)6/h10-11,14-15,17H,7-9,12-13H2,1-6H3,(H,24,26)(H,25,30)(H,27,28)/t15-,17+/m0/s1. The Morgan fingerprint density at radius 3 is 2.41 bits per heavy atom. The fraction of sp³-hybridized carbons (Fsp3) is 0.652. The second-order valence-corrected chi connectivity index (χ2v) is 10.2. The van der Waals surface area contributed by atoms with Gasteiger partial charge in [0, 0.05) is 18.7 Å². The summed E-state index contributed by atoms with van der Waals surface area (Å²) in [5, 5.41) is 2.91. The summed E-state index contributed by atoms with van der Waals surface area (Å²) >= 11 is 0. The zero-order valence-corrected chi connectivity index (χ0v) is 19.9. The second kappa shape index (κ2) is 10.7. The van der Waals surface area contributed by atoms with Gasteiger partial charge in [-0.3, -0.25) is 15.6 Å². The molecule has 1 fully saturated rings. The maximum atomic E-state index is 12.4. The van der Waals surface area contributed by atoms with E-state index in [4.69, 9.17) is 9.47 Å². The Hall–Kier alpha value is -2.84. The van der Waals surface area contributed by atoms with E-state index in [9.17, 15) is 14.4 Å². The summed E-state index contributed by atoms with van der Waals surface area (Å²) in [4.78, 5) is 40.7. The highest BCUT2D eigenvalue weighted by atomic mass is 16.6. The van der Waals surface area contributed by atoms with Crippen LogP contribution in [0.25, 0.3) is 0 Å². The first kappa shape index (κ1) is 25.4. The van der Waals surface area contributed by atoms with Gasteiger partial charge in [0.1, 0.15) is 17.0 Å². The molecule has 0 spiro atoms. The first-order chi connectivity index (χ1) is 14.8. The number of nitrogens with one attached hydrogen (secondary N) is 3. The number of amides is 2. The number of anilines is 1. The largest absolute Gasteiger partial charge is 0.456 e. The monoisotopic (exact) mass is 448 g/mol. The lowest BCUT2D eigenvalue weighted by Gasteiger charge is -2.30. The average Bonchev–Trinajstić information content (AvgIpc) is 2.64. The van der Waals surface area contributed by atoms with E-state index in [1.165, 1.54) is 12.3 Å². The highest BCUT2D eigenvalue weighted by molar-refractivity contribution is 5.90. The lowest BCUT2D eigenvalue weighted by molar-refractivity contribution is -0.121. The van der Waals surface area contributed by atoms with Crippen molar-refractivity contribution in [2.24, 2.45) is 5.92 Å². The van der Waals surface area contributed by atoms with Crippen molar-refractivity contribution in [1.29, 1.82) is 0 Å². The van der Waals surface area contributed by atoms with Crippen molar-refractivity contribution in [3.63, 3.8) is 0 Å². The lowest BCUT2D eigenvalue weighted by Crippen LogP contribution is -2.42. The molecule has 1 aromatic rings. The van der Waals surface area contributed by atoms with Crippen LogP contribution in [0, 0.1) is 5.92 Å². The number of esters is 1. The Morgan fingerprint density at radius 1 is 1.06 bits per heavy atom. The van der Waals surface area contributed by atoms with Gasteiger partial charge in [0.15, 0.2) is 0 Å². The molecule has 0 aliphatic heterocycles. The number of hydrogen-bond donors (Lipinski definition) is 3. The third-order valence-electron chi connectivity index (χ3n) is 4.70. The molecule has 0 aromatic carbocycles. The molecule has 0 unspecified atom stereocenters. The van der Waals surface area contributed by atoms with Crippen LogP contribution in [0.1, 0.15) is 84.0 Å². The zero-order valence-electron chi connectivity index (χ0n) is 19.9. The summed E-state index contributed by atoms with van der Waals surface area (Å²) < 4.78 is 10.7. The molecule has 2 atom stereocenters.